The van der Waals surface area contributed by atoms with Crippen molar-refractivity contribution in [2.24, 2.45) is 0 Å². The fourth-order valence-corrected chi connectivity index (χ4v) is 8.43. The van der Waals surface area contributed by atoms with E-state index in [0.717, 1.165) is 73.7 Å². The predicted octanol–water partition coefficient (Wildman–Crippen LogP) is 11.0. The van der Waals surface area contributed by atoms with E-state index >= 15 is 0 Å². The topological polar surface area (TPSA) is 71.4 Å². The summed E-state index contributed by atoms with van der Waals surface area (Å²) in [6.07, 6.45) is 0. The molecule has 5 heteroatoms. The van der Waals surface area contributed by atoms with E-state index in [0.29, 0.717) is 16.7 Å². The highest BCUT2D eigenvalue weighted by Gasteiger charge is 2.17. The van der Waals surface area contributed by atoms with Crippen molar-refractivity contribution in [3.05, 3.63) is 132 Å². The lowest BCUT2D eigenvalue weighted by Crippen LogP contribution is -1.89. The number of rotatable bonds is 3. The maximum absolute atomic E-state index is 10.0. The summed E-state index contributed by atoms with van der Waals surface area (Å²) in [6, 6.07) is 45.8. The second kappa shape index (κ2) is 10.2. The van der Waals surface area contributed by atoms with Crippen LogP contribution in [0.25, 0.3) is 73.7 Å². The fourth-order valence-electron chi connectivity index (χ4n) is 6.20. The molecule has 0 fully saturated rings. The van der Waals surface area contributed by atoms with Gasteiger partial charge in [-0.05, 0) is 106 Å². The first kappa shape index (κ1) is 25.9. The molecule has 0 amide bonds. The van der Waals surface area contributed by atoms with Crippen LogP contribution in [-0.4, -0.2) is 0 Å². The summed E-state index contributed by atoms with van der Waals surface area (Å²) in [6.45, 7) is 0. The third-order valence-electron chi connectivity index (χ3n) is 8.16. The van der Waals surface area contributed by atoms with Gasteiger partial charge in [0.2, 0.25) is 0 Å². The highest BCUT2D eigenvalue weighted by Crippen LogP contribution is 2.45. The molecule has 0 aliphatic heterocycles. The maximum atomic E-state index is 10.0. The average Bonchev–Trinajstić information content (AvgIpc) is 3.65. The molecule has 2 heterocycles. The van der Waals surface area contributed by atoms with E-state index in [2.05, 4.69) is 72.8 Å². The molecule has 2 aromatic heterocycles. The summed E-state index contributed by atoms with van der Waals surface area (Å²) in [5, 5.41) is 33.7. The van der Waals surface area contributed by atoms with Gasteiger partial charge in [-0.25, -0.2) is 0 Å². The van der Waals surface area contributed by atoms with E-state index in [1.54, 1.807) is 22.7 Å². The smallest absolute Gasteiger partial charge is 0.0998 e. The molecule has 0 aliphatic carbocycles. The second-order valence-corrected chi connectivity index (χ2v) is 12.8. The number of hydrogen-bond acceptors (Lipinski definition) is 5. The van der Waals surface area contributed by atoms with E-state index in [4.69, 9.17) is 0 Å². The Morgan fingerprint density at radius 1 is 0.409 bits per heavy atom. The van der Waals surface area contributed by atoms with E-state index in [-0.39, 0.29) is 0 Å². The van der Waals surface area contributed by atoms with Gasteiger partial charge < -0.3 is 0 Å². The van der Waals surface area contributed by atoms with E-state index in [1.165, 1.54) is 0 Å². The molecular weight excluding hydrogens is 575 g/mol. The highest BCUT2D eigenvalue weighted by molar-refractivity contribution is 7.26. The third-order valence-corrected chi connectivity index (χ3v) is 10.4. The van der Waals surface area contributed by atoms with E-state index in [9.17, 15) is 15.8 Å². The molecule has 0 atom stereocenters. The van der Waals surface area contributed by atoms with Crippen molar-refractivity contribution in [3.63, 3.8) is 0 Å². The van der Waals surface area contributed by atoms with Crippen LogP contribution in [0.3, 0.4) is 0 Å². The summed E-state index contributed by atoms with van der Waals surface area (Å²) in [5.41, 5.74) is 7.95. The zero-order chi connectivity index (χ0) is 29.8. The van der Waals surface area contributed by atoms with Crippen LogP contribution < -0.4 is 0 Å². The molecule has 6 aromatic carbocycles. The lowest BCUT2D eigenvalue weighted by molar-refractivity contribution is 1.48. The van der Waals surface area contributed by atoms with Crippen LogP contribution in [0.4, 0.5) is 0 Å². The maximum Gasteiger partial charge on any atom is 0.0998 e. The van der Waals surface area contributed by atoms with Crippen LogP contribution in [0, 0.1) is 34.0 Å². The summed E-state index contributed by atoms with van der Waals surface area (Å²) in [4.78, 5) is 0. The summed E-state index contributed by atoms with van der Waals surface area (Å²) < 4.78 is 4.60. The van der Waals surface area contributed by atoms with Crippen molar-refractivity contribution in [1.29, 1.82) is 15.8 Å². The van der Waals surface area contributed by atoms with Crippen LogP contribution in [0.5, 0.6) is 0 Å². The van der Waals surface area contributed by atoms with Gasteiger partial charge >= 0.3 is 0 Å². The molecule has 44 heavy (non-hydrogen) atoms. The number of thiophene rings is 2. The van der Waals surface area contributed by atoms with Gasteiger partial charge in [-0.1, -0.05) is 42.5 Å². The first-order chi connectivity index (χ1) is 21.6. The van der Waals surface area contributed by atoms with E-state index in [1.807, 2.05) is 60.7 Å². The minimum absolute atomic E-state index is 0.617. The van der Waals surface area contributed by atoms with Crippen molar-refractivity contribution in [1.82, 2.24) is 0 Å². The Balaban J connectivity index is 1.47. The largest absolute Gasteiger partial charge is 0.192 e. The molecule has 0 aliphatic rings. The van der Waals surface area contributed by atoms with Crippen molar-refractivity contribution >= 4 is 63.0 Å². The molecule has 8 aromatic rings. The van der Waals surface area contributed by atoms with Crippen molar-refractivity contribution in [3.8, 4) is 51.6 Å². The predicted molar refractivity (Wildman–Crippen MR) is 183 cm³/mol. The van der Waals surface area contributed by atoms with Crippen LogP contribution in [0.2, 0.25) is 0 Å². The fraction of sp³-hybridized carbons (Fsp3) is 0. The minimum Gasteiger partial charge on any atom is -0.192 e. The number of nitrogens with zero attached hydrogens (tertiary/aromatic N) is 3. The van der Waals surface area contributed by atoms with Gasteiger partial charge in [-0.15, -0.1) is 22.7 Å². The van der Waals surface area contributed by atoms with Gasteiger partial charge in [0.05, 0.1) is 34.9 Å². The van der Waals surface area contributed by atoms with Gasteiger partial charge in [0.25, 0.3) is 0 Å². The van der Waals surface area contributed by atoms with Crippen LogP contribution in [0.15, 0.2) is 115 Å². The molecule has 0 spiro atoms. The molecular formula is C39H19N3S2. The molecule has 0 N–H and O–H groups in total. The SMILES string of the molecule is N#Cc1ccc2sc3cccc(-c4cc(-c5ccccc5C#N)cc(-c5cccc6sc7ccc(C#N)cc7c56)c4)c3c2c1. The lowest BCUT2D eigenvalue weighted by atomic mass is 9.89. The molecule has 0 unspecified atom stereocenters. The van der Waals surface area contributed by atoms with Crippen LogP contribution >= 0.6 is 22.7 Å². The molecule has 3 nitrogen and oxygen atoms in total. The monoisotopic (exact) mass is 593 g/mol. The first-order valence-electron chi connectivity index (χ1n) is 14.0. The number of fused-ring (bicyclic) bond motifs is 6. The standard InChI is InChI=1S/C39H19N3S2/c40-20-23-11-13-34-32(15-23)38-30(7-3-9-36(38)43-34)27-17-26(29-6-2-1-5-25(29)22-42)18-28(19-27)31-8-4-10-37-39(31)33-16-24(21-41)12-14-35(33)44-37/h1-19H. The summed E-state index contributed by atoms with van der Waals surface area (Å²) in [5.74, 6) is 0. The van der Waals surface area contributed by atoms with Gasteiger partial charge in [0.1, 0.15) is 0 Å². The number of nitriles is 3. The third kappa shape index (κ3) is 4.06. The Morgan fingerprint density at radius 3 is 1.39 bits per heavy atom. The van der Waals surface area contributed by atoms with Crippen LogP contribution in [0.1, 0.15) is 16.7 Å². The number of benzene rings is 6. The Kier molecular flexibility index (Phi) is 6.00. The Labute approximate surface area is 261 Å². The van der Waals surface area contributed by atoms with Gasteiger partial charge in [-0.3, -0.25) is 0 Å². The normalized spacial score (nSPS) is 11.1. The zero-order valence-electron chi connectivity index (χ0n) is 23.1. The zero-order valence-corrected chi connectivity index (χ0v) is 24.8. The highest BCUT2D eigenvalue weighted by atomic mass is 32.1. The molecule has 202 valence electrons. The second-order valence-electron chi connectivity index (χ2n) is 10.7. The Bertz CT molecular complexity index is 2450. The number of hydrogen-bond donors (Lipinski definition) is 0. The van der Waals surface area contributed by atoms with Crippen molar-refractivity contribution in [2.75, 3.05) is 0 Å². The lowest BCUT2D eigenvalue weighted by Gasteiger charge is -2.14. The summed E-state index contributed by atoms with van der Waals surface area (Å²) >= 11 is 3.45. The quantitative estimate of drug-likeness (QED) is 0.205. The van der Waals surface area contributed by atoms with E-state index < -0.39 is 0 Å². The Hall–Kier alpha value is -5.77. The average molecular weight is 594 g/mol. The van der Waals surface area contributed by atoms with Crippen molar-refractivity contribution < 1.29 is 0 Å². The van der Waals surface area contributed by atoms with Crippen molar-refractivity contribution in [2.45, 2.75) is 0 Å². The minimum atomic E-state index is 0.617. The van der Waals surface area contributed by atoms with Gasteiger partial charge in [-0.2, -0.15) is 15.8 Å². The molecule has 0 bridgehead atoms. The molecule has 0 saturated heterocycles. The summed E-state index contributed by atoms with van der Waals surface area (Å²) in [7, 11) is 0. The first-order valence-corrected chi connectivity index (χ1v) is 15.6. The Morgan fingerprint density at radius 2 is 0.886 bits per heavy atom. The van der Waals surface area contributed by atoms with Crippen LogP contribution in [-0.2, 0) is 0 Å². The van der Waals surface area contributed by atoms with Gasteiger partial charge in [0, 0.05) is 40.3 Å². The van der Waals surface area contributed by atoms with Gasteiger partial charge in [0.15, 0.2) is 0 Å². The molecule has 0 radical (unpaired) electrons. The molecule has 8 rings (SSSR count). The molecule has 0 saturated carbocycles.